The number of rotatable bonds is 5. The van der Waals surface area contributed by atoms with E-state index in [0.29, 0.717) is 17.3 Å². The van der Waals surface area contributed by atoms with Crippen LogP contribution in [0.5, 0.6) is 0 Å². The number of pyridine rings is 1. The van der Waals surface area contributed by atoms with Crippen LogP contribution >= 0.6 is 0 Å². The van der Waals surface area contributed by atoms with Gasteiger partial charge in [-0.05, 0) is 31.9 Å². The molecule has 0 spiro atoms. The molecule has 2 aromatic heterocycles. The molecule has 1 aliphatic rings. The largest absolute Gasteiger partial charge is 0.476 e. The maximum Gasteiger partial charge on any atom is 0.358 e. The summed E-state index contributed by atoms with van der Waals surface area (Å²) in [7, 11) is 0. The van der Waals surface area contributed by atoms with Gasteiger partial charge in [-0.3, -0.25) is 0 Å². The number of hydrogen-bond acceptors (Lipinski definition) is 7. The van der Waals surface area contributed by atoms with Crippen LogP contribution in [0.3, 0.4) is 0 Å². The standard InChI is InChI=1S/C17H22N6O2/c1-10-5-4-8-14(19-10)21-13-9-15(22-23-16(13)17(24)25)20-12-7-3-2-6-11(12)18/h4-5,8-9,11-12H,2-3,6-7,18H2,1H3,(H,24,25)(H2,19,20,21,22)/t11-,12+/m0/s1. The summed E-state index contributed by atoms with van der Waals surface area (Å²) < 4.78 is 0. The molecule has 3 rings (SSSR count). The summed E-state index contributed by atoms with van der Waals surface area (Å²) in [4.78, 5) is 15.8. The van der Waals surface area contributed by atoms with E-state index in [2.05, 4.69) is 25.8 Å². The van der Waals surface area contributed by atoms with Gasteiger partial charge >= 0.3 is 5.97 Å². The molecule has 2 heterocycles. The van der Waals surface area contributed by atoms with Crippen LogP contribution in [-0.4, -0.2) is 38.3 Å². The first-order valence-corrected chi connectivity index (χ1v) is 8.37. The highest BCUT2D eigenvalue weighted by Crippen LogP contribution is 2.24. The van der Waals surface area contributed by atoms with Crippen molar-refractivity contribution in [2.24, 2.45) is 5.73 Å². The summed E-state index contributed by atoms with van der Waals surface area (Å²) in [5, 5.41) is 23.5. The Kier molecular flexibility index (Phi) is 5.08. The second-order valence-electron chi connectivity index (χ2n) is 6.29. The van der Waals surface area contributed by atoms with Gasteiger partial charge in [-0.15, -0.1) is 10.2 Å². The van der Waals surface area contributed by atoms with Crippen LogP contribution in [0.25, 0.3) is 0 Å². The van der Waals surface area contributed by atoms with Gasteiger partial charge in [-0.2, -0.15) is 0 Å². The second kappa shape index (κ2) is 7.43. The lowest BCUT2D eigenvalue weighted by Gasteiger charge is -2.29. The van der Waals surface area contributed by atoms with Crippen molar-refractivity contribution in [2.75, 3.05) is 10.6 Å². The maximum atomic E-state index is 11.4. The highest BCUT2D eigenvalue weighted by Gasteiger charge is 2.23. The lowest BCUT2D eigenvalue weighted by Crippen LogP contribution is -2.42. The Bertz CT molecular complexity index is 767. The second-order valence-corrected chi connectivity index (χ2v) is 6.29. The van der Waals surface area contributed by atoms with Gasteiger partial charge in [0.15, 0.2) is 11.5 Å². The van der Waals surface area contributed by atoms with Gasteiger partial charge in [-0.25, -0.2) is 9.78 Å². The molecule has 1 fully saturated rings. The third kappa shape index (κ3) is 4.21. The van der Waals surface area contributed by atoms with E-state index >= 15 is 0 Å². The molecule has 0 saturated heterocycles. The highest BCUT2D eigenvalue weighted by molar-refractivity contribution is 5.93. The van der Waals surface area contributed by atoms with E-state index in [4.69, 9.17) is 5.73 Å². The van der Waals surface area contributed by atoms with Crippen molar-refractivity contribution >= 4 is 23.3 Å². The minimum Gasteiger partial charge on any atom is -0.476 e. The van der Waals surface area contributed by atoms with E-state index in [1.807, 2.05) is 19.1 Å². The Balaban J connectivity index is 1.85. The van der Waals surface area contributed by atoms with Crippen molar-refractivity contribution in [3.63, 3.8) is 0 Å². The fourth-order valence-electron chi connectivity index (χ4n) is 2.99. The van der Waals surface area contributed by atoms with Gasteiger partial charge in [-0.1, -0.05) is 18.9 Å². The SMILES string of the molecule is Cc1cccc(Nc2cc(N[C@@H]3CCCC[C@@H]3N)nnc2C(=O)O)n1. The van der Waals surface area contributed by atoms with Gasteiger partial charge < -0.3 is 21.5 Å². The molecule has 0 unspecified atom stereocenters. The first kappa shape index (κ1) is 17.1. The minimum absolute atomic E-state index is 0.0598. The molecule has 0 aromatic carbocycles. The molecule has 0 aliphatic heterocycles. The van der Waals surface area contributed by atoms with E-state index in [1.165, 1.54) is 0 Å². The van der Waals surface area contributed by atoms with E-state index in [0.717, 1.165) is 31.4 Å². The molecule has 0 amide bonds. The van der Waals surface area contributed by atoms with Crippen molar-refractivity contribution in [3.05, 3.63) is 35.7 Å². The zero-order chi connectivity index (χ0) is 17.8. The number of carbonyl (C=O) groups is 1. The first-order valence-electron chi connectivity index (χ1n) is 8.37. The summed E-state index contributed by atoms with van der Waals surface area (Å²) in [6.45, 7) is 1.87. The topological polar surface area (TPSA) is 126 Å². The third-order valence-corrected chi connectivity index (χ3v) is 4.30. The molecule has 2 aromatic rings. The summed E-state index contributed by atoms with van der Waals surface area (Å²) in [5.74, 6) is -0.0955. The normalized spacial score (nSPS) is 20.1. The van der Waals surface area contributed by atoms with Gasteiger partial charge in [0.2, 0.25) is 0 Å². The molecule has 1 saturated carbocycles. The summed E-state index contributed by atoms with van der Waals surface area (Å²) in [6.07, 6.45) is 4.18. The molecule has 132 valence electrons. The average Bonchev–Trinajstić information content (AvgIpc) is 2.57. The lowest BCUT2D eigenvalue weighted by molar-refractivity contribution is 0.0690. The Morgan fingerprint density at radius 2 is 2.04 bits per heavy atom. The van der Waals surface area contributed by atoms with Gasteiger partial charge in [0, 0.05) is 23.8 Å². The molecule has 25 heavy (non-hydrogen) atoms. The monoisotopic (exact) mass is 342 g/mol. The molecular formula is C17H22N6O2. The number of nitrogens with zero attached hydrogens (tertiary/aromatic N) is 3. The average molecular weight is 342 g/mol. The Morgan fingerprint density at radius 3 is 2.76 bits per heavy atom. The number of aromatic nitrogens is 3. The number of aromatic carboxylic acids is 1. The van der Waals surface area contributed by atoms with Crippen LogP contribution in [0.2, 0.25) is 0 Å². The fraction of sp³-hybridized carbons (Fsp3) is 0.412. The van der Waals surface area contributed by atoms with Crippen molar-refractivity contribution in [3.8, 4) is 0 Å². The van der Waals surface area contributed by atoms with Crippen LogP contribution in [-0.2, 0) is 0 Å². The molecular weight excluding hydrogens is 320 g/mol. The number of nitrogens with one attached hydrogen (secondary N) is 2. The lowest BCUT2D eigenvalue weighted by atomic mass is 9.91. The zero-order valence-electron chi connectivity index (χ0n) is 14.1. The van der Waals surface area contributed by atoms with Crippen LogP contribution < -0.4 is 16.4 Å². The van der Waals surface area contributed by atoms with Crippen molar-refractivity contribution in [2.45, 2.75) is 44.7 Å². The third-order valence-electron chi connectivity index (χ3n) is 4.30. The molecule has 8 nitrogen and oxygen atoms in total. The molecule has 8 heteroatoms. The summed E-state index contributed by atoms with van der Waals surface area (Å²) >= 11 is 0. The van der Waals surface area contributed by atoms with Crippen molar-refractivity contribution in [1.82, 2.24) is 15.2 Å². The predicted molar refractivity (Wildman–Crippen MR) is 95.1 cm³/mol. The Labute approximate surface area is 145 Å². The van der Waals surface area contributed by atoms with Crippen LogP contribution in [0.1, 0.15) is 41.9 Å². The Morgan fingerprint density at radius 1 is 1.24 bits per heavy atom. The molecule has 0 bridgehead atoms. The van der Waals surface area contributed by atoms with Crippen molar-refractivity contribution in [1.29, 1.82) is 0 Å². The number of hydrogen-bond donors (Lipinski definition) is 4. The molecule has 0 radical (unpaired) electrons. The maximum absolute atomic E-state index is 11.4. The van der Waals surface area contributed by atoms with Crippen molar-refractivity contribution < 1.29 is 9.90 Å². The number of aryl methyl sites for hydroxylation is 1. The van der Waals surface area contributed by atoms with Gasteiger partial charge in [0.1, 0.15) is 5.82 Å². The van der Waals surface area contributed by atoms with E-state index in [9.17, 15) is 9.90 Å². The van der Waals surface area contributed by atoms with E-state index < -0.39 is 5.97 Å². The molecule has 1 aliphatic carbocycles. The number of carboxylic acid groups (broad SMARTS) is 1. The van der Waals surface area contributed by atoms with Crippen LogP contribution in [0.15, 0.2) is 24.3 Å². The summed E-state index contributed by atoms with van der Waals surface area (Å²) in [5.41, 5.74) is 7.17. The predicted octanol–water partition coefficient (Wildman–Crippen LogP) is 2.30. The molecule has 5 N–H and O–H groups in total. The fourth-order valence-corrected chi connectivity index (χ4v) is 2.99. The molecule has 2 atom stereocenters. The minimum atomic E-state index is -1.15. The van der Waals surface area contributed by atoms with Crippen LogP contribution in [0.4, 0.5) is 17.3 Å². The number of anilines is 3. The van der Waals surface area contributed by atoms with Crippen LogP contribution in [0, 0.1) is 6.92 Å². The smallest absolute Gasteiger partial charge is 0.358 e. The number of nitrogens with two attached hydrogens (primary N) is 1. The Hall–Kier alpha value is -2.74. The van der Waals surface area contributed by atoms with E-state index in [-0.39, 0.29) is 17.8 Å². The zero-order valence-corrected chi connectivity index (χ0v) is 14.1. The van der Waals surface area contributed by atoms with Gasteiger partial charge in [0.25, 0.3) is 0 Å². The summed E-state index contributed by atoms with van der Waals surface area (Å²) in [6, 6.07) is 7.30. The number of carboxylic acids is 1. The highest BCUT2D eigenvalue weighted by atomic mass is 16.4. The quantitative estimate of drug-likeness (QED) is 0.652. The first-order chi connectivity index (χ1) is 12.0. The van der Waals surface area contributed by atoms with E-state index in [1.54, 1.807) is 12.1 Å². The van der Waals surface area contributed by atoms with Gasteiger partial charge in [0.05, 0.1) is 5.69 Å².